The molecule has 0 bridgehead atoms. The number of nitrogens with one attached hydrogen (secondary N) is 2. The first-order valence-corrected chi connectivity index (χ1v) is 7.60. The highest BCUT2D eigenvalue weighted by molar-refractivity contribution is 5.53. The number of hydrogen-bond acceptors (Lipinski definition) is 3. The molecule has 1 aliphatic rings. The molecule has 4 rings (SSSR count). The number of aromatic amines is 1. The summed E-state index contributed by atoms with van der Waals surface area (Å²) in [5.41, 5.74) is 7.19. The number of aromatic nitrogens is 4. The van der Waals surface area contributed by atoms with Crippen LogP contribution in [0.3, 0.4) is 0 Å². The van der Waals surface area contributed by atoms with Crippen LogP contribution in [-0.4, -0.2) is 26.3 Å². The number of hydrogen-bond donors (Lipinski definition) is 2. The number of benzene rings is 1. The lowest BCUT2D eigenvalue weighted by atomic mass is 9.93. The fourth-order valence-corrected chi connectivity index (χ4v) is 3.40. The maximum Gasteiger partial charge on any atom is 0.0926 e. The average Bonchev–Trinajstić information content (AvgIpc) is 3.17. The van der Waals surface area contributed by atoms with Gasteiger partial charge in [0.05, 0.1) is 23.8 Å². The Bertz CT molecular complexity index is 801. The van der Waals surface area contributed by atoms with Crippen LogP contribution >= 0.6 is 0 Å². The van der Waals surface area contributed by atoms with Gasteiger partial charge >= 0.3 is 0 Å². The summed E-state index contributed by atoms with van der Waals surface area (Å²) in [6.07, 6.45) is 6.60. The van der Waals surface area contributed by atoms with Crippen LogP contribution in [0.15, 0.2) is 36.9 Å². The van der Waals surface area contributed by atoms with E-state index in [0.717, 1.165) is 24.3 Å². The third-order valence-corrected chi connectivity index (χ3v) is 4.27. The summed E-state index contributed by atoms with van der Waals surface area (Å²) in [5, 5.41) is 8.05. The van der Waals surface area contributed by atoms with Gasteiger partial charge in [0, 0.05) is 36.6 Å². The van der Waals surface area contributed by atoms with Crippen molar-refractivity contribution in [1.29, 1.82) is 0 Å². The third-order valence-electron chi connectivity index (χ3n) is 4.27. The van der Waals surface area contributed by atoms with Crippen LogP contribution in [-0.2, 0) is 6.42 Å². The summed E-state index contributed by atoms with van der Waals surface area (Å²) >= 11 is 0. The van der Waals surface area contributed by atoms with E-state index in [1.165, 1.54) is 22.4 Å². The summed E-state index contributed by atoms with van der Waals surface area (Å²) < 4.78 is 1.95. The van der Waals surface area contributed by atoms with E-state index in [4.69, 9.17) is 0 Å². The van der Waals surface area contributed by atoms with Crippen molar-refractivity contribution in [3.63, 3.8) is 0 Å². The molecule has 112 valence electrons. The van der Waals surface area contributed by atoms with E-state index in [-0.39, 0.29) is 6.04 Å². The van der Waals surface area contributed by atoms with Gasteiger partial charge in [0.25, 0.3) is 0 Å². The van der Waals surface area contributed by atoms with Crippen molar-refractivity contribution >= 4 is 0 Å². The van der Waals surface area contributed by atoms with Gasteiger partial charge in [-0.3, -0.25) is 0 Å². The SMILES string of the molecule is Cc1cc(C)c(-n2cccn2)c([C@H]2NCCc3[nH]cnc32)c1. The lowest BCUT2D eigenvalue weighted by Gasteiger charge is -2.26. The molecule has 0 fully saturated rings. The zero-order valence-electron chi connectivity index (χ0n) is 12.8. The van der Waals surface area contributed by atoms with Crippen molar-refractivity contribution in [3.05, 3.63) is 65.0 Å². The first-order valence-electron chi connectivity index (χ1n) is 7.60. The Morgan fingerprint density at radius 3 is 3.00 bits per heavy atom. The molecule has 5 nitrogen and oxygen atoms in total. The van der Waals surface area contributed by atoms with Crippen LogP contribution in [0.1, 0.15) is 34.1 Å². The van der Waals surface area contributed by atoms with E-state index < -0.39 is 0 Å². The van der Waals surface area contributed by atoms with Crippen molar-refractivity contribution < 1.29 is 0 Å². The second-order valence-electron chi connectivity index (χ2n) is 5.87. The molecule has 0 amide bonds. The molecule has 22 heavy (non-hydrogen) atoms. The summed E-state index contributed by atoms with van der Waals surface area (Å²) in [5.74, 6) is 0. The molecular weight excluding hydrogens is 274 g/mol. The quantitative estimate of drug-likeness (QED) is 0.763. The molecule has 3 aromatic rings. The molecule has 1 atom stereocenters. The normalized spacial score (nSPS) is 17.5. The standard InChI is InChI=1S/C17H19N5/c1-11-8-12(2)17(22-7-3-5-21-22)13(9-11)15-16-14(4-6-18-15)19-10-20-16/h3,5,7-10,15,18H,4,6H2,1-2H3,(H,19,20)/t15-/m1/s1. The Labute approximate surface area is 129 Å². The predicted molar refractivity (Wildman–Crippen MR) is 85.2 cm³/mol. The van der Waals surface area contributed by atoms with Gasteiger partial charge in [0.15, 0.2) is 0 Å². The molecule has 0 spiro atoms. The van der Waals surface area contributed by atoms with Gasteiger partial charge in [-0.15, -0.1) is 0 Å². The van der Waals surface area contributed by atoms with Crippen LogP contribution in [0, 0.1) is 13.8 Å². The molecule has 3 heterocycles. The van der Waals surface area contributed by atoms with Crippen molar-refractivity contribution in [3.8, 4) is 5.69 Å². The number of imidazole rings is 1. The number of fused-ring (bicyclic) bond motifs is 1. The van der Waals surface area contributed by atoms with Gasteiger partial charge in [-0.05, 0) is 25.5 Å². The zero-order chi connectivity index (χ0) is 15.1. The van der Waals surface area contributed by atoms with Gasteiger partial charge in [0.1, 0.15) is 0 Å². The highest BCUT2D eigenvalue weighted by Gasteiger charge is 2.27. The van der Waals surface area contributed by atoms with E-state index in [1.807, 2.05) is 23.1 Å². The number of rotatable bonds is 2. The summed E-state index contributed by atoms with van der Waals surface area (Å²) in [6, 6.07) is 6.50. The zero-order valence-corrected chi connectivity index (χ0v) is 12.8. The molecule has 1 aromatic carbocycles. The van der Waals surface area contributed by atoms with Gasteiger partial charge in [0.2, 0.25) is 0 Å². The lowest BCUT2D eigenvalue weighted by molar-refractivity contribution is 0.550. The Hall–Kier alpha value is -2.40. The summed E-state index contributed by atoms with van der Waals surface area (Å²) in [4.78, 5) is 7.82. The fourth-order valence-electron chi connectivity index (χ4n) is 3.40. The minimum absolute atomic E-state index is 0.104. The molecule has 0 radical (unpaired) electrons. The monoisotopic (exact) mass is 293 g/mol. The van der Waals surface area contributed by atoms with Crippen LogP contribution in [0.25, 0.3) is 5.69 Å². The summed E-state index contributed by atoms with van der Waals surface area (Å²) in [6.45, 7) is 5.23. The number of aryl methyl sites for hydroxylation is 2. The van der Waals surface area contributed by atoms with Crippen LogP contribution in [0.4, 0.5) is 0 Å². The Balaban J connectivity index is 1.93. The fraction of sp³-hybridized carbons (Fsp3) is 0.294. The Morgan fingerprint density at radius 1 is 1.27 bits per heavy atom. The van der Waals surface area contributed by atoms with Gasteiger partial charge in [-0.2, -0.15) is 5.10 Å². The number of nitrogens with zero attached hydrogens (tertiary/aromatic N) is 3. The van der Waals surface area contributed by atoms with Crippen molar-refractivity contribution in [2.45, 2.75) is 26.3 Å². The lowest BCUT2D eigenvalue weighted by Crippen LogP contribution is -2.31. The van der Waals surface area contributed by atoms with Gasteiger partial charge in [-0.1, -0.05) is 17.7 Å². The minimum Gasteiger partial charge on any atom is -0.348 e. The second kappa shape index (κ2) is 5.10. The van der Waals surface area contributed by atoms with E-state index in [0.29, 0.717) is 0 Å². The van der Waals surface area contributed by atoms with E-state index in [9.17, 15) is 0 Å². The summed E-state index contributed by atoms with van der Waals surface area (Å²) in [7, 11) is 0. The van der Waals surface area contributed by atoms with Gasteiger partial charge in [-0.25, -0.2) is 9.67 Å². The van der Waals surface area contributed by atoms with E-state index in [2.05, 4.69) is 46.4 Å². The molecule has 1 aliphatic heterocycles. The highest BCUT2D eigenvalue weighted by Crippen LogP contribution is 2.32. The first-order chi connectivity index (χ1) is 10.7. The van der Waals surface area contributed by atoms with Gasteiger partial charge < -0.3 is 10.3 Å². The van der Waals surface area contributed by atoms with Crippen molar-refractivity contribution in [2.75, 3.05) is 6.54 Å². The Morgan fingerprint density at radius 2 is 2.18 bits per heavy atom. The molecule has 2 aromatic heterocycles. The molecule has 5 heteroatoms. The van der Waals surface area contributed by atoms with E-state index in [1.54, 1.807) is 6.33 Å². The predicted octanol–water partition coefficient (Wildman–Crippen LogP) is 2.45. The first kappa shape index (κ1) is 13.3. The molecular formula is C17H19N5. The molecule has 0 unspecified atom stereocenters. The Kier molecular flexibility index (Phi) is 3.08. The van der Waals surface area contributed by atoms with Crippen molar-refractivity contribution in [2.24, 2.45) is 0 Å². The maximum atomic E-state index is 4.55. The largest absolute Gasteiger partial charge is 0.348 e. The van der Waals surface area contributed by atoms with E-state index >= 15 is 0 Å². The molecule has 0 saturated heterocycles. The van der Waals surface area contributed by atoms with Crippen LogP contribution < -0.4 is 5.32 Å². The topological polar surface area (TPSA) is 58.5 Å². The average molecular weight is 293 g/mol. The minimum atomic E-state index is 0.104. The third kappa shape index (κ3) is 2.05. The van der Waals surface area contributed by atoms with Crippen LogP contribution in [0.2, 0.25) is 0 Å². The second-order valence-corrected chi connectivity index (χ2v) is 5.87. The molecule has 0 aliphatic carbocycles. The smallest absolute Gasteiger partial charge is 0.0926 e. The molecule has 0 saturated carbocycles. The maximum absolute atomic E-state index is 4.55. The highest BCUT2D eigenvalue weighted by atomic mass is 15.3. The number of H-pyrrole nitrogens is 1. The van der Waals surface area contributed by atoms with Crippen molar-refractivity contribution in [1.82, 2.24) is 25.1 Å². The van der Waals surface area contributed by atoms with Crippen LogP contribution in [0.5, 0.6) is 0 Å². The molecule has 2 N–H and O–H groups in total.